The third kappa shape index (κ3) is 3.57. The van der Waals surface area contributed by atoms with Gasteiger partial charge in [-0.3, -0.25) is 0 Å². The van der Waals surface area contributed by atoms with Gasteiger partial charge in [-0.25, -0.2) is 0 Å². The van der Waals surface area contributed by atoms with E-state index in [1.807, 2.05) is 66.7 Å². The number of methoxy groups -OCH3 is 1. The highest BCUT2D eigenvalue weighted by molar-refractivity contribution is 5.58. The molecule has 3 nitrogen and oxygen atoms in total. The van der Waals surface area contributed by atoms with E-state index >= 15 is 0 Å². The second-order valence-electron chi connectivity index (χ2n) is 4.97. The summed E-state index contributed by atoms with van der Waals surface area (Å²) in [5, 5.41) is 0. The van der Waals surface area contributed by atoms with E-state index in [1.165, 1.54) is 0 Å². The Hall–Kier alpha value is -2.52. The molecule has 0 aliphatic carbocycles. The molecule has 3 aromatic rings. The van der Waals surface area contributed by atoms with Crippen LogP contribution in [0.1, 0.15) is 11.3 Å². The minimum atomic E-state index is 0.463. The molecular weight excluding hydrogens is 276 g/mol. The number of hydrogen-bond acceptors (Lipinski definition) is 3. The first-order chi connectivity index (χ1) is 10.8. The normalized spacial score (nSPS) is 10.6. The van der Waals surface area contributed by atoms with Crippen molar-refractivity contribution in [1.82, 2.24) is 0 Å². The summed E-state index contributed by atoms with van der Waals surface area (Å²) in [7, 11) is 1.66. The van der Waals surface area contributed by atoms with Crippen LogP contribution in [0.2, 0.25) is 0 Å². The predicted octanol–water partition coefficient (Wildman–Crippen LogP) is 4.67. The molecule has 0 aliphatic heterocycles. The van der Waals surface area contributed by atoms with Gasteiger partial charge in [-0.05, 0) is 42.0 Å². The van der Waals surface area contributed by atoms with Gasteiger partial charge in [0.25, 0.3) is 0 Å². The monoisotopic (exact) mass is 294 g/mol. The SMILES string of the molecule is COc1ccc(-c2ccc(COCc3ccccc3)o2)cc1. The minimum absolute atomic E-state index is 0.463. The summed E-state index contributed by atoms with van der Waals surface area (Å²) in [5.74, 6) is 2.49. The van der Waals surface area contributed by atoms with Crippen LogP contribution in [0.5, 0.6) is 5.75 Å². The second kappa shape index (κ2) is 6.96. The molecule has 22 heavy (non-hydrogen) atoms. The van der Waals surface area contributed by atoms with Crippen LogP contribution in [-0.4, -0.2) is 7.11 Å². The third-order valence-electron chi connectivity index (χ3n) is 3.39. The summed E-state index contributed by atoms with van der Waals surface area (Å²) < 4.78 is 16.6. The van der Waals surface area contributed by atoms with Crippen LogP contribution >= 0.6 is 0 Å². The molecule has 0 saturated carbocycles. The van der Waals surface area contributed by atoms with Crippen LogP contribution in [0.15, 0.2) is 71.1 Å². The lowest BCUT2D eigenvalue weighted by Crippen LogP contribution is -1.92. The maximum atomic E-state index is 5.82. The van der Waals surface area contributed by atoms with Gasteiger partial charge in [-0.2, -0.15) is 0 Å². The van der Waals surface area contributed by atoms with Gasteiger partial charge in [0.2, 0.25) is 0 Å². The molecule has 1 heterocycles. The molecule has 0 aliphatic rings. The molecule has 0 spiro atoms. The van der Waals surface area contributed by atoms with E-state index in [0.717, 1.165) is 28.4 Å². The van der Waals surface area contributed by atoms with Crippen molar-refractivity contribution in [3.05, 3.63) is 78.1 Å². The van der Waals surface area contributed by atoms with E-state index in [9.17, 15) is 0 Å². The number of rotatable bonds is 6. The number of hydrogen-bond donors (Lipinski definition) is 0. The Morgan fingerprint density at radius 2 is 1.59 bits per heavy atom. The molecule has 0 bridgehead atoms. The molecule has 0 radical (unpaired) electrons. The highest BCUT2D eigenvalue weighted by atomic mass is 16.5. The number of benzene rings is 2. The van der Waals surface area contributed by atoms with Crippen LogP contribution in [0, 0.1) is 0 Å². The topological polar surface area (TPSA) is 31.6 Å². The lowest BCUT2D eigenvalue weighted by molar-refractivity contribution is 0.0934. The summed E-state index contributed by atoms with van der Waals surface area (Å²) >= 11 is 0. The average Bonchev–Trinajstić information content (AvgIpc) is 3.05. The van der Waals surface area contributed by atoms with Crippen LogP contribution in [-0.2, 0) is 18.0 Å². The summed E-state index contributed by atoms with van der Waals surface area (Å²) in [4.78, 5) is 0. The van der Waals surface area contributed by atoms with Gasteiger partial charge in [-0.15, -0.1) is 0 Å². The van der Waals surface area contributed by atoms with Gasteiger partial charge in [0.15, 0.2) is 0 Å². The lowest BCUT2D eigenvalue weighted by atomic mass is 10.2. The zero-order valence-corrected chi connectivity index (χ0v) is 12.5. The van der Waals surface area contributed by atoms with Gasteiger partial charge in [0, 0.05) is 5.56 Å². The van der Waals surface area contributed by atoms with E-state index in [-0.39, 0.29) is 0 Å². The zero-order valence-electron chi connectivity index (χ0n) is 12.5. The van der Waals surface area contributed by atoms with E-state index in [0.29, 0.717) is 13.2 Å². The predicted molar refractivity (Wildman–Crippen MR) is 85.6 cm³/mol. The smallest absolute Gasteiger partial charge is 0.134 e. The van der Waals surface area contributed by atoms with Gasteiger partial charge in [0.05, 0.1) is 13.7 Å². The van der Waals surface area contributed by atoms with Gasteiger partial charge in [-0.1, -0.05) is 30.3 Å². The quantitative estimate of drug-likeness (QED) is 0.662. The van der Waals surface area contributed by atoms with Gasteiger partial charge >= 0.3 is 0 Å². The number of furan rings is 1. The standard InChI is InChI=1S/C19H18O3/c1-20-17-9-7-16(8-10-17)19-12-11-18(22-19)14-21-13-15-5-3-2-4-6-15/h2-12H,13-14H2,1H3. The van der Waals surface area contributed by atoms with Crippen molar-refractivity contribution >= 4 is 0 Å². The fourth-order valence-corrected chi connectivity index (χ4v) is 2.21. The highest BCUT2D eigenvalue weighted by Crippen LogP contribution is 2.24. The summed E-state index contributed by atoms with van der Waals surface area (Å²) in [5.41, 5.74) is 2.18. The van der Waals surface area contributed by atoms with Crippen molar-refractivity contribution in [3.63, 3.8) is 0 Å². The van der Waals surface area contributed by atoms with Crippen LogP contribution in [0.3, 0.4) is 0 Å². The van der Waals surface area contributed by atoms with Crippen molar-refractivity contribution in [2.45, 2.75) is 13.2 Å². The molecule has 1 aromatic heterocycles. The summed E-state index contributed by atoms with van der Waals surface area (Å²) in [6, 6.07) is 21.8. The van der Waals surface area contributed by atoms with E-state index in [4.69, 9.17) is 13.9 Å². The van der Waals surface area contributed by atoms with E-state index in [2.05, 4.69) is 0 Å². The van der Waals surface area contributed by atoms with Gasteiger partial charge in [0.1, 0.15) is 23.9 Å². The molecule has 2 aromatic carbocycles. The van der Waals surface area contributed by atoms with Gasteiger partial charge < -0.3 is 13.9 Å². The Labute approximate surface area is 130 Å². The first-order valence-electron chi connectivity index (χ1n) is 7.20. The van der Waals surface area contributed by atoms with Crippen molar-refractivity contribution in [2.24, 2.45) is 0 Å². The molecule has 0 saturated heterocycles. The highest BCUT2D eigenvalue weighted by Gasteiger charge is 2.05. The van der Waals surface area contributed by atoms with E-state index in [1.54, 1.807) is 7.11 Å². The molecule has 0 atom stereocenters. The molecule has 0 N–H and O–H groups in total. The average molecular weight is 294 g/mol. The van der Waals surface area contributed by atoms with Crippen molar-refractivity contribution < 1.29 is 13.9 Å². The molecule has 3 heteroatoms. The second-order valence-corrected chi connectivity index (χ2v) is 4.97. The summed E-state index contributed by atoms with van der Waals surface area (Å²) in [6.07, 6.45) is 0. The van der Waals surface area contributed by atoms with E-state index < -0.39 is 0 Å². The van der Waals surface area contributed by atoms with Crippen molar-refractivity contribution in [2.75, 3.05) is 7.11 Å². The lowest BCUT2D eigenvalue weighted by Gasteiger charge is -2.03. The van der Waals surface area contributed by atoms with Crippen molar-refractivity contribution in [3.8, 4) is 17.1 Å². The molecular formula is C19H18O3. The Balaban J connectivity index is 1.58. The molecule has 0 amide bonds. The maximum absolute atomic E-state index is 5.82. The van der Waals surface area contributed by atoms with Crippen LogP contribution in [0.25, 0.3) is 11.3 Å². The third-order valence-corrected chi connectivity index (χ3v) is 3.39. The fraction of sp³-hybridized carbons (Fsp3) is 0.158. The molecule has 3 rings (SSSR count). The Kier molecular flexibility index (Phi) is 4.56. The Morgan fingerprint density at radius 3 is 2.32 bits per heavy atom. The first kappa shape index (κ1) is 14.4. The molecule has 0 unspecified atom stereocenters. The maximum Gasteiger partial charge on any atom is 0.134 e. The molecule has 0 fully saturated rings. The minimum Gasteiger partial charge on any atom is -0.497 e. The largest absolute Gasteiger partial charge is 0.497 e. The fourth-order valence-electron chi connectivity index (χ4n) is 2.21. The molecule has 112 valence electrons. The number of ether oxygens (including phenoxy) is 2. The Morgan fingerprint density at radius 1 is 0.818 bits per heavy atom. The van der Waals surface area contributed by atoms with Crippen LogP contribution in [0.4, 0.5) is 0 Å². The first-order valence-corrected chi connectivity index (χ1v) is 7.20. The summed E-state index contributed by atoms with van der Waals surface area (Å²) in [6.45, 7) is 1.05. The Bertz CT molecular complexity index is 699. The van der Waals surface area contributed by atoms with Crippen LogP contribution < -0.4 is 4.74 Å². The zero-order chi connectivity index (χ0) is 15.2. The van der Waals surface area contributed by atoms with Crippen molar-refractivity contribution in [1.29, 1.82) is 0 Å².